The lowest BCUT2D eigenvalue weighted by Gasteiger charge is -2.32. The predicted octanol–water partition coefficient (Wildman–Crippen LogP) is 6.20. The lowest BCUT2D eigenvalue weighted by Crippen LogP contribution is -2.52. The van der Waals surface area contributed by atoms with Crippen molar-refractivity contribution in [2.24, 2.45) is 0 Å². The maximum Gasteiger partial charge on any atom is 0.243 e. The SMILES string of the molecule is Cc1ccc(CC(=O)N(Cc2cccc(Cl)c2)C(Cc2ccccc2)C(=O)NC2CCCC2)cc1C. The highest BCUT2D eigenvalue weighted by Crippen LogP contribution is 2.22. The van der Waals surface area contributed by atoms with Crippen molar-refractivity contribution in [3.63, 3.8) is 0 Å². The molecule has 188 valence electrons. The second kappa shape index (κ2) is 12.2. The summed E-state index contributed by atoms with van der Waals surface area (Å²) >= 11 is 6.27. The highest BCUT2D eigenvalue weighted by Gasteiger charge is 2.32. The Morgan fingerprint density at radius 3 is 2.31 bits per heavy atom. The van der Waals surface area contributed by atoms with Crippen molar-refractivity contribution in [3.05, 3.63) is 106 Å². The fourth-order valence-electron chi connectivity index (χ4n) is 4.94. The minimum Gasteiger partial charge on any atom is -0.352 e. The summed E-state index contributed by atoms with van der Waals surface area (Å²) in [6, 6.07) is 23.1. The van der Waals surface area contributed by atoms with Crippen LogP contribution in [0.25, 0.3) is 0 Å². The minimum atomic E-state index is -0.619. The van der Waals surface area contributed by atoms with Crippen LogP contribution in [0.3, 0.4) is 0 Å². The van der Waals surface area contributed by atoms with Gasteiger partial charge in [-0.15, -0.1) is 0 Å². The lowest BCUT2D eigenvalue weighted by atomic mass is 10.00. The van der Waals surface area contributed by atoms with Crippen LogP contribution in [0, 0.1) is 13.8 Å². The number of carbonyl (C=O) groups is 2. The number of benzene rings is 3. The van der Waals surface area contributed by atoms with Gasteiger partial charge in [-0.3, -0.25) is 9.59 Å². The van der Waals surface area contributed by atoms with E-state index in [0.717, 1.165) is 47.9 Å². The third-order valence-corrected chi connectivity index (χ3v) is 7.38. The Bertz CT molecular complexity index is 1190. The molecule has 1 unspecified atom stereocenters. The summed E-state index contributed by atoms with van der Waals surface area (Å²) in [6.07, 6.45) is 4.95. The summed E-state index contributed by atoms with van der Waals surface area (Å²) in [6.45, 7) is 4.44. The van der Waals surface area contributed by atoms with Gasteiger partial charge in [0.2, 0.25) is 11.8 Å². The van der Waals surface area contributed by atoms with Crippen LogP contribution in [0.2, 0.25) is 5.02 Å². The predicted molar refractivity (Wildman–Crippen MR) is 146 cm³/mol. The maximum absolute atomic E-state index is 13.9. The third-order valence-electron chi connectivity index (χ3n) is 7.14. The van der Waals surface area contributed by atoms with E-state index in [2.05, 4.69) is 25.2 Å². The molecule has 0 radical (unpaired) electrons. The molecule has 4 rings (SSSR count). The number of carbonyl (C=O) groups excluding carboxylic acids is 2. The molecule has 5 heteroatoms. The molecular formula is C31H35ClN2O2. The highest BCUT2D eigenvalue weighted by molar-refractivity contribution is 6.30. The van der Waals surface area contributed by atoms with Crippen molar-refractivity contribution in [1.82, 2.24) is 10.2 Å². The normalized spacial score (nSPS) is 14.4. The molecule has 1 aliphatic carbocycles. The van der Waals surface area contributed by atoms with Crippen molar-refractivity contribution in [2.45, 2.75) is 71.0 Å². The first-order valence-corrected chi connectivity index (χ1v) is 13.2. The van der Waals surface area contributed by atoms with Gasteiger partial charge in [-0.1, -0.05) is 85.1 Å². The molecule has 0 saturated heterocycles. The van der Waals surface area contributed by atoms with Crippen molar-refractivity contribution >= 4 is 23.4 Å². The van der Waals surface area contributed by atoms with Gasteiger partial charge in [0.1, 0.15) is 6.04 Å². The third kappa shape index (κ3) is 6.98. The Morgan fingerprint density at radius 1 is 0.889 bits per heavy atom. The Labute approximate surface area is 219 Å². The Kier molecular flexibility index (Phi) is 8.82. The van der Waals surface area contributed by atoms with Crippen LogP contribution < -0.4 is 5.32 Å². The van der Waals surface area contributed by atoms with E-state index in [4.69, 9.17) is 11.6 Å². The molecule has 0 bridgehead atoms. The van der Waals surface area contributed by atoms with Crippen LogP contribution in [-0.4, -0.2) is 28.8 Å². The van der Waals surface area contributed by atoms with E-state index < -0.39 is 6.04 Å². The molecule has 1 N–H and O–H groups in total. The molecule has 1 fully saturated rings. The topological polar surface area (TPSA) is 49.4 Å². The van der Waals surface area contributed by atoms with Gasteiger partial charge in [0.25, 0.3) is 0 Å². The molecule has 3 aromatic rings. The fourth-order valence-corrected chi connectivity index (χ4v) is 5.16. The molecule has 4 nitrogen and oxygen atoms in total. The molecule has 0 spiro atoms. The van der Waals surface area contributed by atoms with Crippen molar-refractivity contribution in [1.29, 1.82) is 0 Å². The molecule has 0 heterocycles. The molecule has 3 aromatic carbocycles. The summed E-state index contributed by atoms with van der Waals surface area (Å²) < 4.78 is 0. The first-order valence-electron chi connectivity index (χ1n) is 12.8. The summed E-state index contributed by atoms with van der Waals surface area (Å²) in [4.78, 5) is 29.4. The number of nitrogens with one attached hydrogen (secondary N) is 1. The standard InChI is InChI=1S/C31H35ClN2O2/c1-22-15-16-25(17-23(22)2)20-30(35)34(21-26-11-8-12-27(32)18-26)29(19-24-9-4-3-5-10-24)31(36)33-28-13-6-7-14-28/h3-5,8-12,15-18,28-29H,6-7,13-14,19-21H2,1-2H3,(H,33,36). The number of halogens is 1. The van der Waals surface area contributed by atoms with E-state index in [1.165, 1.54) is 5.56 Å². The number of rotatable bonds is 9. The number of aryl methyl sites for hydroxylation is 2. The summed E-state index contributed by atoms with van der Waals surface area (Å²) in [5.41, 5.74) is 5.23. The van der Waals surface area contributed by atoms with Crippen molar-refractivity contribution < 1.29 is 9.59 Å². The van der Waals surface area contributed by atoms with Gasteiger partial charge in [0, 0.05) is 24.0 Å². The van der Waals surface area contributed by atoms with Crippen LogP contribution in [0.15, 0.2) is 72.8 Å². The molecule has 36 heavy (non-hydrogen) atoms. The van der Waals surface area contributed by atoms with Gasteiger partial charge in [-0.25, -0.2) is 0 Å². The van der Waals surface area contributed by atoms with Crippen LogP contribution in [0.5, 0.6) is 0 Å². The Balaban J connectivity index is 1.66. The Morgan fingerprint density at radius 2 is 1.61 bits per heavy atom. The van der Waals surface area contributed by atoms with E-state index in [9.17, 15) is 9.59 Å². The lowest BCUT2D eigenvalue weighted by molar-refractivity contribution is -0.141. The minimum absolute atomic E-state index is 0.0688. The van der Waals surface area contributed by atoms with Crippen LogP contribution in [-0.2, 0) is 29.0 Å². The first-order chi connectivity index (χ1) is 17.4. The largest absolute Gasteiger partial charge is 0.352 e. The number of amides is 2. The zero-order chi connectivity index (χ0) is 25.5. The molecule has 0 aliphatic heterocycles. The monoisotopic (exact) mass is 502 g/mol. The smallest absolute Gasteiger partial charge is 0.243 e. The van der Waals surface area contributed by atoms with E-state index >= 15 is 0 Å². The molecule has 1 aliphatic rings. The van der Waals surface area contributed by atoms with Gasteiger partial charge < -0.3 is 10.2 Å². The van der Waals surface area contributed by atoms with Gasteiger partial charge in [0.05, 0.1) is 6.42 Å². The number of nitrogens with zero attached hydrogens (tertiary/aromatic N) is 1. The fraction of sp³-hybridized carbons (Fsp3) is 0.355. The average Bonchev–Trinajstić information content (AvgIpc) is 3.37. The molecule has 2 amide bonds. The second-order valence-electron chi connectivity index (χ2n) is 9.94. The molecule has 1 saturated carbocycles. The van der Waals surface area contributed by atoms with E-state index in [1.54, 1.807) is 4.90 Å². The van der Waals surface area contributed by atoms with Crippen LogP contribution >= 0.6 is 11.6 Å². The van der Waals surface area contributed by atoms with Gasteiger partial charge >= 0.3 is 0 Å². The second-order valence-corrected chi connectivity index (χ2v) is 10.4. The maximum atomic E-state index is 13.9. The molecule has 0 aromatic heterocycles. The molecular weight excluding hydrogens is 468 g/mol. The zero-order valence-electron chi connectivity index (χ0n) is 21.2. The average molecular weight is 503 g/mol. The van der Waals surface area contributed by atoms with Crippen molar-refractivity contribution in [3.8, 4) is 0 Å². The van der Waals surface area contributed by atoms with Gasteiger partial charge in [-0.05, 0) is 66.6 Å². The van der Waals surface area contributed by atoms with E-state index in [-0.39, 0.29) is 24.3 Å². The van der Waals surface area contributed by atoms with E-state index in [0.29, 0.717) is 18.0 Å². The number of hydrogen-bond acceptors (Lipinski definition) is 2. The van der Waals surface area contributed by atoms with Gasteiger partial charge in [-0.2, -0.15) is 0 Å². The van der Waals surface area contributed by atoms with Gasteiger partial charge in [0.15, 0.2) is 0 Å². The van der Waals surface area contributed by atoms with Crippen molar-refractivity contribution in [2.75, 3.05) is 0 Å². The molecule has 1 atom stereocenters. The quantitative estimate of drug-likeness (QED) is 0.379. The first kappa shape index (κ1) is 26.0. The summed E-state index contributed by atoms with van der Waals surface area (Å²) in [5.74, 6) is -0.151. The van der Waals surface area contributed by atoms with E-state index in [1.807, 2.05) is 66.7 Å². The zero-order valence-corrected chi connectivity index (χ0v) is 21.9. The Hall–Kier alpha value is -3.11. The van der Waals surface area contributed by atoms with Crippen LogP contribution in [0.4, 0.5) is 0 Å². The van der Waals surface area contributed by atoms with Crippen LogP contribution in [0.1, 0.15) is 53.5 Å². The summed E-state index contributed by atoms with van der Waals surface area (Å²) in [5, 5.41) is 3.87. The summed E-state index contributed by atoms with van der Waals surface area (Å²) in [7, 11) is 0. The highest BCUT2D eigenvalue weighted by atomic mass is 35.5. The number of hydrogen-bond donors (Lipinski definition) is 1.